The number of nitrogens with one attached hydrogen (secondary N) is 1. The predicted molar refractivity (Wildman–Crippen MR) is 73.3 cm³/mol. The molecule has 1 amide bonds. The highest BCUT2D eigenvalue weighted by Gasteiger charge is 2.13. The zero-order valence-corrected chi connectivity index (χ0v) is 11.1. The van der Waals surface area contributed by atoms with Crippen molar-refractivity contribution in [3.8, 4) is 5.75 Å². The summed E-state index contributed by atoms with van der Waals surface area (Å²) in [4.78, 5) is 12.1. The first kappa shape index (κ1) is 12.9. The first-order chi connectivity index (χ1) is 9.02. The summed E-state index contributed by atoms with van der Waals surface area (Å²) in [7, 11) is 3.33. The molecule has 0 radical (unpaired) electrons. The van der Waals surface area contributed by atoms with E-state index in [2.05, 4.69) is 10.4 Å². The fourth-order valence-electron chi connectivity index (χ4n) is 1.73. The van der Waals surface area contributed by atoms with Gasteiger partial charge in [0.05, 0.1) is 24.6 Å². The van der Waals surface area contributed by atoms with E-state index < -0.39 is 0 Å². The lowest BCUT2D eigenvalue weighted by atomic mass is 10.2. The summed E-state index contributed by atoms with van der Waals surface area (Å²) in [5.41, 5.74) is 8.22. The van der Waals surface area contributed by atoms with E-state index in [1.165, 1.54) is 6.20 Å². The van der Waals surface area contributed by atoms with Crippen LogP contribution in [0.15, 0.2) is 24.4 Å². The molecule has 6 heteroatoms. The third-order valence-electron chi connectivity index (χ3n) is 2.97. The summed E-state index contributed by atoms with van der Waals surface area (Å²) in [5, 5.41) is 6.81. The van der Waals surface area contributed by atoms with Crippen molar-refractivity contribution in [1.82, 2.24) is 9.78 Å². The Morgan fingerprint density at radius 1 is 1.47 bits per heavy atom. The second-order valence-corrected chi connectivity index (χ2v) is 4.18. The lowest BCUT2D eigenvalue weighted by molar-refractivity contribution is 0.102. The van der Waals surface area contributed by atoms with Crippen molar-refractivity contribution in [1.29, 1.82) is 0 Å². The number of methoxy groups -OCH3 is 1. The molecule has 100 valence electrons. The van der Waals surface area contributed by atoms with Crippen LogP contribution in [0.3, 0.4) is 0 Å². The quantitative estimate of drug-likeness (QED) is 0.821. The third kappa shape index (κ3) is 2.52. The predicted octanol–water partition coefficient (Wildman–Crippen LogP) is 1.57. The number of aryl methyl sites for hydroxylation is 1. The van der Waals surface area contributed by atoms with Crippen molar-refractivity contribution in [3.63, 3.8) is 0 Å². The molecule has 1 aromatic heterocycles. The fraction of sp³-hybridized carbons (Fsp3) is 0.231. The maximum absolute atomic E-state index is 12.1. The van der Waals surface area contributed by atoms with Crippen molar-refractivity contribution in [2.75, 3.05) is 18.2 Å². The Labute approximate surface area is 111 Å². The number of aromatic nitrogens is 2. The summed E-state index contributed by atoms with van der Waals surface area (Å²) in [6, 6.07) is 5.10. The van der Waals surface area contributed by atoms with Gasteiger partial charge in [0.15, 0.2) is 0 Å². The van der Waals surface area contributed by atoms with Crippen molar-refractivity contribution < 1.29 is 9.53 Å². The first-order valence-corrected chi connectivity index (χ1v) is 5.76. The van der Waals surface area contributed by atoms with Gasteiger partial charge in [0.1, 0.15) is 5.75 Å². The van der Waals surface area contributed by atoms with Gasteiger partial charge in [-0.1, -0.05) is 0 Å². The molecule has 1 heterocycles. The Hall–Kier alpha value is -2.50. The average Bonchev–Trinajstić information content (AvgIpc) is 2.70. The molecule has 2 aromatic rings. The average molecular weight is 260 g/mol. The molecule has 0 saturated heterocycles. The van der Waals surface area contributed by atoms with Crippen molar-refractivity contribution in [2.24, 2.45) is 7.05 Å². The highest BCUT2D eigenvalue weighted by Crippen LogP contribution is 2.25. The Morgan fingerprint density at radius 3 is 2.74 bits per heavy atom. The molecular formula is C13H16N4O2. The van der Waals surface area contributed by atoms with Gasteiger partial charge in [-0.25, -0.2) is 0 Å². The van der Waals surface area contributed by atoms with Crippen LogP contribution < -0.4 is 15.8 Å². The second-order valence-electron chi connectivity index (χ2n) is 4.18. The number of hydrogen-bond donors (Lipinski definition) is 2. The molecule has 0 aliphatic heterocycles. The number of amides is 1. The van der Waals surface area contributed by atoms with Gasteiger partial charge in [0.25, 0.3) is 5.91 Å². The molecule has 3 N–H and O–H groups in total. The van der Waals surface area contributed by atoms with E-state index in [0.29, 0.717) is 22.7 Å². The highest BCUT2D eigenvalue weighted by atomic mass is 16.5. The van der Waals surface area contributed by atoms with Gasteiger partial charge in [-0.3, -0.25) is 9.48 Å². The number of carbonyl (C=O) groups excluding carboxylic acids is 1. The Morgan fingerprint density at radius 2 is 2.21 bits per heavy atom. The number of hydrogen-bond acceptors (Lipinski definition) is 4. The van der Waals surface area contributed by atoms with Gasteiger partial charge in [-0.2, -0.15) is 5.10 Å². The minimum Gasteiger partial charge on any atom is -0.495 e. The SMILES string of the molecule is COc1ccc(NC(=O)c2cnn(C)c2C)cc1N. The molecule has 0 saturated carbocycles. The smallest absolute Gasteiger partial charge is 0.259 e. The third-order valence-corrected chi connectivity index (χ3v) is 2.97. The molecule has 19 heavy (non-hydrogen) atoms. The molecule has 0 aliphatic rings. The van der Waals surface area contributed by atoms with Crippen LogP contribution in [0.5, 0.6) is 5.75 Å². The molecule has 6 nitrogen and oxygen atoms in total. The summed E-state index contributed by atoms with van der Waals surface area (Å²) < 4.78 is 6.71. The summed E-state index contributed by atoms with van der Waals surface area (Å²) in [6.45, 7) is 1.84. The van der Waals surface area contributed by atoms with Crippen LogP contribution in [-0.4, -0.2) is 22.8 Å². The second kappa shape index (κ2) is 5.01. The van der Waals surface area contributed by atoms with Gasteiger partial charge < -0.3 is 15.8 Å². The summed E-state index contributed by atoms with van der Waals surface area (Å²) in [6.07, 6.45) is 1.54. The fourth-order valence-corrected chi connectivity index (χ4v) is 1.73. The van der Waals surface area contributed by atoms with Gasteiger partial charge in [0, 0.05) is 18.4 Å². The lowest BCUT2D eigenvalue weighted by Crippen LogP contribution is -2.13. The van der Waals surface area contributed by atoms with Crippen LogP contribution in [0, 0.1) is 6.92 Å². The number of nitrogens with two attached hydrogens (primary N) is 1. The number of anilines is 2. The Bertz CT molecular complexity index is 619. The van der Waals surface area contributed by atoms with E-state index in [9.17, 15) is 4.79 Å². The zero-order chi connectivity index (χ0) is 14.0. The van der Waals surface area contributed by atoms with Gasteiger partial charge in [-0.05, 0) is 25.1 Å². The largest absolute Gasteiger partial charge is 0.495 e. The first-order valence-electron chi connectivity index (χ1n) is 5.76. The van der Waals surface area contributed by atoms with Gasteiger partial charge >= 0.3 is 0 Å². The van der Waals surface area contributed by atoms with Crippen LogP contribution in [0.2, 0.25) is 0 Å². The lowest BCUT2D eigenvalue weighted by Gasteiger charge is -2.08. The van der Waals surface area contributed by atoms with E-state index in [-0.39, 0.29) is 5.91 Å². The maximum atomic E-state index is 12.1. The number of ether oxygens (including phenoxy) is 1. The number of rotatable bonds is 3. The monoisotopic (exact) mass is 260 g/mol. The van der Waals surface area contributed by atoms with E-state index in [1.807, 2.05) is 6.92 Å². The zero-order valence-electron chi connectivity index (χ0n) is 11.1. The molecule has 0 spiro atoms. The number of nitrogens with zero attached hydrogens (tertiary/aromatic N) is 2. The minimum atomic E-state index is -0.213. The van der Waals surface area contributed by atoms with Crippen LogP contribution in [0.1, 0.15) is 16.1 Å². The van der Waals surface area contributed by atoms with Gasteiger partial charge in [-0.15, -0.1) is 0 Å². The maximum Gasteiger partial charge on any atom is 0.259 e. The number of benzene rings is 1. The summed E-state index contributed by atoms with van der Waals surface area (Å²) in [5.74, 6) is 0.366. The molecule has 0 atom stereocenters. The Balaban J connectivity index is 2.19. The van der Waals surface area contributed by atoms with Crippen LogP contribution in [0.25, 0.3) is 0 Å². The molecule has 0 aliphatic carbocycles. The molecule has 0 unspecified atom stereocenters. The molecule has 1 aromatic carbocycles. The summed E-state index contributed by atoms with van der Waals surface area (Å²) >= 11 is 0. The molecule has 0 bridgehead atoms. The van der Waals surface area contributed by atoms with E-state index in [1.54, 1.807) is 37.0 Å². The van der Waals surface area contributed by atoms with Crippen molar-refractivity contribution in [3.05, 3.63) is 35.7 Å². The van der Waals surface area contributed by atoms with Crippen LogP contribution in [0.4, 0.5) is 11.4 Å². The van der Waals surface area contributed by atoms with Crippen molar-refractivity contribution in [2.45, 2.75) is 6.92 Å². The van der Waals surface area contributed by atoms with Crippen molar-refractivity contribution >= 4 is 17.3 Å². The number of carbonyl (C=O) groups is 1. The van der Waals surface area contributed by atoms with Crippen LogP contribution >= 0.6 is 0 Å². The van der Waals surface area contributed by atoms with Crippen LogP contribution in [-0.2, 0) is 7.05 Å². The van der Waals surface area contributed by atoms with E-state index in [4.69, 9.17) is 10.5 Å². The van der Waals surface area contributed by atoms with E-state index >= 15 is 0 Å². The minimum absolute atomic E-state index is 0.213. The normalized spacial score (nSPS) is 10.3. The highest BCUT2D eigenvalue weighted by molar-refractivity contribution is 6.05. The topological polar surface area (TPSA) is 82.2 Å². The molecular weight excluding hydrogens is 244 g/mol. The number of nitrogen functional groups attached to an aromatic ring is 1. The van der Waals surface area contributed by atoms with E-state index in [0.717, 1.165) is 5.69 Å². The standard InChI is InChI=1S/C13H16N4O2/c1-8-10(7-15-17(8)2)13(18)16-9-4-5-12(19-3)11(14)6-9/h4-7H,14H2,1-3H3,(H,16,18). The molecule has 2 rings (SSSR count). The molecule has 0 fully saturated rings. The van der Waals surface area contributed by atoms with Gasteiger partial charge in [0.2, 0.25) is 0 Å². The Kier molecular flexibility index (Phi) is 3.41.